The maximum atomic E-state index is 13.4. The van der Waals surface area contributed by atoms with Crippen molar-refractivity contribution in [2.45, 2.75) is 38.0 Å². The molecule has 1 spiro atoms. The van der Waals surface area contributed by atoms with E-state index in [-0.39, 0.29) is 11.9 Å². The number of amides is 1. The number of para-hydroxylation sites is 1. The third-order valence-electron chi connectivity index (χ3n) is 5.62. The van der Waals surface area contributed by atoms with Gasteiger partial charge in [0.1, 0.15) is 11.5 Å². The molecule has 4 rings (SSSR count). The van der Waals surface area contributed by atoms with Gasteiger partial charge in [-0.15, -0.1) is 6.58 Å². The minimum Gasteiger partial charge on any atom is -0.481 e. The zero-order chi connectivity index (χ0) is 17.9. The van der Waals surface area contributed by atoms with Gasteiger partial charge in [-0.05, 0) is 31.9 Å². The number of nitrogens with zero attached hydrogens (tertiary/aromatic N) is 1. The van der Waals surface area contributed by atoms with Crippen molar-refractivity contribution in [2.24, 2.45) is 11.8 Å². The standard InChI is InChI=1S/C20H21NO4/c1-11(2)10-15-20-9-8-14(25-20)16(19(23)24)17(20)18(22)21(15)13-7-5-4-6-12(13)3/h4-9,14-17H,1,10H2,2-3H3,(H,23,24)/t14-,15+,16-,17+,20-/m0/s1. The molecule has 3 aliphatic rings. The number of carbonyl (C=O) groups excluding carboxylic acids is 1. The molecule has 2 fully saturated rings. The van der Waals surface area contributed by atoms with E-state index in [1.165, 1.54) is 0 Å². The number of aryl methyl sites for hydroxylation is 1. The molecule has 5 atom stereocenters. The van der Waals surface area contributed by atoms with Gasteiger partial charge in [0.05, 0.1) is 18.1 Å². The van der Waals surface area contributed by atoms with Crippen molar-refractivity contribution in [3.05, 3.63) is 54.1 Å². The van der Waals surface area contributed by atoms with Crippen molar-refractivity contribution in [2.75, 3.05) is 4.90 Å². The van der Waals surface area contributed by atoms with Crippen LogP contribution in [0.4, 0.5) is 5.69 Å². The number of hydrogen-bond acceptors (Lipinski definition) is 3. The second-order valence-electron chi connectivity index (χ2n) is 7.31. The van der Waals surface area contributed by atoms with E-state index in [1.54, 1.807) is 11.0 Å². The summed E-state index contributed by atoms with van der Waals surface area (Å²) in [6.45, 7) is 7.88. The highest BCUT2D eigenvalue weighted by Crippen LogP contribution is 2.57. The monoisotopic (exact) mass is 339 g/mol. The molecule has 1 aromatic carbocycles. The first-order valence-electron chi connectivity index (χ1n) is 8.50. The fraction of sp³-hybridized carbons (Fsp3) is 0.400. The van der Waals surface area contributed by atoms with Crippen LogP contribution in [0, 0.1) is 18.8 Å². The molecule has 130 valence electrons. The van der Waals surface area contributed by atoms with Crippen molar-refractivity contribution < 1.29 is 19.4 Å². The molecule has 0 saturated carbocycles. The van der Waals surface area contributed by atoms with E-state index in [2.05, 4.69) is 6.58 Å². The Morgan fingerprint density at radius 1 is 1.40 bits per heavy atom. The lowest BCUT2D eigenvalue weighted by atomic mass is 9.74. The molecule has 0 aliphatic carbocycles. The maximum absolute atomic E-state index is 13.4. The van der Waals surface area contributed by atoms with E-state index in [4.69, 9.17) is 4.74 Å². The summed E-state index contributed by atoms with van der Waals surface area (Å²) >= 11 is 0. The number of carbonyl (C=O) groups is 2. The Kier molecular flexibility index (Phi) is 3.41. The first-order valence-corrected chi connectivity index (χ1v) is 8.50. The molecule has 5 heteroatoms. The minimum atomic E-state index is -0.977. The number of carboxylic acid groups (broad SMARTS) is 1. The highest BCUT2D eigenvalue weighted by molar-refractivity contribution is 6.03. The second-order valence-corrected chi connectivity index (χ2v) is 7.31. The largest absolute Gasteiger partial charge is 0.481 e. The third-order valence-corrected chi connectivity index (χ3v) is 5.62. The summed E-state index contributed by atoms with van der Waals surface area (Å²) in [6, 6.07) is 7.39. The number of carboxylic acids is 1. The number of anilines is 1. The highest BCUT2D eigenvalue weighted by Gasteiger charge is 2.71. The predicted molar refractivity (Wildman–Crippen MR) is 93.2 cm³/mol. The number of ether oxygens (including phenoxy) is 1. The molecule has 3 aliphatic heterocycles. The average molecular weight is 339 g/mol. The topological polar surface area (TPSA) is 66.8 Å². The zero-order valence-corrected chi connectivity index (χ0v) is 14.3. The fourth-order valence-electron chi connectivity index (χ4n) is 4.63. The summed E-state index contributed by atoms with van der Waals surface area (Å²) in [5.74, 6) is -2.67. The molecule has 0 radical (unpaired) electrons. The minimum absolute atomic E-state index is 0.167. The molecule has 3 heterocycles. The Morgan fingerprint density at radius 2 is 2.12 bits per heavy atom. The molecule has 2 bridgehead atoms. The normalized spacial score (nSPS) is 35.3. The van der Waals surface area contributed by atoms with Crippen LogP contribution in [-0.4, -0.2) is 34.7 Å². The Bertz CT molecular complexity index is 814. The van der Waals surface area contributed by atoms with Gasteiger partial charge in [0, 0.05) is 5.69 Å². The molecular formula is C20H21NO4. The lowest BCUT2D eigenvalue weighted by Gasteiger charge is -2.34. The van der Waals surface area contributed by atoms with E-state index in [0.717, 1.165) is 16.8 Å². The van der Waals surface area contributed by atoms with Crippen LogP contribution in [0.3, 0.4) is 0 Å². The summed E-state index contributed by atoms with van der Waals surface area (Å²) in [5.41, 5.74) is 1.84. The summed E-state index contributed by atoms with van der Waals surface area (Å²) in [6.07, 6.45) is 3.75. The van der Waals surface area contributed by atoms with Gasteiger partial charge in [-0.3, -0.25) is 9.59 Å². The van der Waals surface area contributed by atoms with Gasteiger partial charge in [-0.25, -0.2) is 0 Å². The summed E-state index contributed by atoms with van der Waals surface area (Å²) in [7, 11) is 0. The Balaban J connectivity index is 1.87. The van der Waals surface area contributed by atoms with Gasteiger partial charge in [0.25, 0.3) is 0 Å². The van der Waals surface area contributed by atoms with Gasteiger partial charge in [-0.2, -0.15) is 0 Å². The average Bonchev–Trinajstić information content (AvgIpc) is 3.18. The highest BCUT2D eigenvalue weighted by atomic mass is 16.5. The Morgan fingerprint density at radius 3 is 2.76 bits per heavy atom. The van der Waals surface area contributed by atoms with Crippen LogP contribution in [-0.2, 0) is 14.3 Å². The van der Waals surface area contributed by atoms with E-state index in [1.807, 2.05) is 44.2 Å². The van der Waals surface area contributed by atoms with Crippen molar-refractivity contribution in [3.8, 4) is 0 Å². The summed E-state index contributed by atoms with van der Waals surface area (Å²) < 4.78 is 6.14. The quantitative estimate of drug-likeness (QED) is 0.857. The molecule has 1 N–H and O–H groups in total. The molecule has 1 amide bonds. The van der Waals surface area contributed by atoms with Crippen LogP contribution in [0.2, 0.25) is 0 Å². The van der Waals surface area contributed by atoms with Gasteiger partial charge >= 0.3 is 5.97 Å². The number of aliphatic carboxylic acids is 1. The SMILES string of the molecule is C=C(C)C[C@H]1N(c2ccccc2C)C(=O)[C@H]2[C@@H](C(=O)O)[C@@H]3C=C[C@@]21O3. The smallest absolute Gasteiger partial charge is 0.310 e. The molecule has 1 aromatic rings. The Hall–Kier alpha value is -2.40. The second kappa shape index (κ2) is 5.30. The van der Waals surface area contributed by atoms with Crippen molar-refractivity contribution in [1.82, 2.24) is 0 Å². The van der Waals surface area contributed by atoms with Crippen LogP contribution >= 0.6 is 0 Å². The molecular weight excluding hydrogens is 318 g/mol. The molecule has 0 unspecified atom stereocenters. The molecule has 0 aromatic heterocycles. The molecule has 25 heavy (non-hydrogen) atoms. The fourth-order valence-corrected chi connectivity index (χ4v) is 4.63. The number of fused-ring (bicyclic) bond motifs is 1. The third kappa shape index (κ3) is 2.05. The molecule has 2 saturated heterocycles. The first-order chi connectivity index (χ1) is 11.9. The van der Waals surface area contributed by atoms with E-state index in [9.17, 15) is 14.7 Å². The number of rotatable bonds is 4. The van der Waals surface area contributed by atoms with Crippen molar-refractivity contribution >= 4 is 17.6 Å². The van der Waals surface area contributed by atoms with E-state index in [0.29, 0.717) is 6.42 Å². The van der Waals surface area contributed by atoms with Crippen molar-refractivity contribution in [1.29, 1.82) is 0 Å². The van der Waals surface area contributed by atoms with E-state index < -0.39 is 29.5 Å². The van der Waals surface area contributed by atoms with Crippen LogP contribution < -0.4 is 4.90 Å². The van der Waals surface area contributed by atoms with Gasteiger partial charge < -0.3 is 14.7 Å². The van der Waals surface area contributed by atoms with Crippen LogP contribution in [0.25, 0.3) is 0 Å². The van der Waals surface area contributed by atoms with Gasteiger partial charge in [0.2, 0.25) is 5.91 Å². The number of benzene rings is 1. The van der Waals surface area contributed by atoms with Crippen LogP contribution in [0.5, 0.6) is 0 Å². The zero-order valence-electron chi connectivity index (χ0n) is 14.3. The first kappa shape index (κ1) is 16.1. The van der Waals surface area contributed by atoms with Crippen molar-refractivity contribution in [3.63, 3.8) is 0 Å². The summed E-state index contributed by atoms with van der Waals surface area (Å²) in [4.78, 5) is 26.9. The summed E-state index contributed by atoms with van der Waals surface area (Å²) in [5, 5.41) is 9.67. The van der Waals surface area contributed by atoms with E-state index >= 15 is 0 Å². The predicted octanol–water partition coefficient (Wildman–Crippen LogP) is 2.70. The number of hydrogen-bond donors (Lipinski definition) is 1. The van der Waals surface area contributed by atoms with Gasteiger partial charge in [0.15, 0.2) is 0 Å². The van der Waals surface area contributed by atoms with Crippen LogP contribution in [0.1, 0.15) is 18.9 Å². The Labute approximate surface area is 146 Å². The van der Waals surface area contributed by atoms with Gasteiger partial charge in [-0.1, -0.05) is 35.9 Å². The van der Waals surface area contributed by atoms with Crippen LogP contribution in [0.15, 0.2) is 48.6 Å². The maximum Gasteiger partial charge on any atom is 0.310 e. The molecule has 5 nitrogen and oxygen atoms in total. The lowest BCUT2D eigenvalue weighted by molar-refractivity contribution is -0.146. The lowest BCUT2D eigenvalue weighted by Crippen LogP contribution is -2.45.